The zero-order chi connectivity index (χ0) is 23.0. The maximum absolute atomic E-state index is 12.9. The van der Waals surface area contributed by atoms with Crippen molar-refractivity contribution in [1.29, 1.82) is 0 Å². The smallest absolute Gasteiger partial charge is 0.410 e. The van der Waals surface area contributed by atoms with Crippen molar-refractivity contribution in [3.63, 3.8) is 0 Å². The fourth-order valence-corrected chi connectivity index (χ4v) is 5.94. The Morgan fingerprint density at radius 3 is 2.39 bits per heavy atom. The van der Waals surface area contributed by atoms with Crippen LogP contribution < -0.4 is 0 Å². The van der Waals surface area contributed by atoms with Gasteiger partial charge in [-0.1, -0.05) is 39.0 Å². The largest absolute Gasteiger partial charge is 0.444 e. The molecule has 1 saturated heterocycles. The van der Waals surface area contributed by atoms with Crippen LogP contribution in [0.4, 0.5) is 4.79 Å². The molecule has 2 aromatic rings. The highest BCUT2D eigenvalue weighted by atomic mass is 28.3. The molecule has 1 aliphatic heterocycles. The van der Waals surface area contributed by atoms with Crippen molar-refractivity contribution in [2.75, 3.05) is 13.1 Å². The number of hydrogen-bond acceptors (Lipinski definition) is 3. The number of rotatable bonds is 4. The minimum absolute atomic E-state index is 0.0277. The molecule has 1 aromatic carbocycles. The Balaban J connectivity index is 1.98. The van der Waals surface area contributed by atoms with Gasteiger partial charge in [-0.25, -0.2) is 4.79 Å². The van der Waals surface area contributed by atoms with Gasteiger partial charge >= 0.3 is 6.09 Å². The van der Waals surface area contributed by atoms with Gasteiger partial charge in [0, 0.05) is 36.8 Å². The fraction of sp³-hybridized carbons (Fsp3) is 0.640. The van der Waals surface area contributed by atoms with Crippen molar-refractivity contribution < 1.29 is 14.0 Å². The van der Waals surface area contributed by atoms with Gasteiger partial charge in [0.1, 0.15) is 5.60 Å². The molecule has 0 spiro atoms. The number of amides is 1. The lowest BCUT2D eigenvalue weighted by atomic mass is 9.75. The minimum Gasteiger partial charge on any atom is -0.444 e. The summed E-state index contributed by atoms with van der Waals surface area (Å²) in [6.45, 7) is 18.3. The first kappa shape index (κ1) is 23.9. The average molecular weight is 445 g/mol. The SMILES string of the molecule is C[SiH](C)OC(C1CN(C(=O)OC(C)(C)C)CCC1n1ccc2ccccc21)C(C)(C)C. The Kier molecular flexibility index (Phi) is 6.92. The second kappa shape index (κ2) is 8.98. The first-order valence-corrected chi connectivity index (χ1v) is 14.3. The van der Waals surface area contributed by atoms with Gasteiger partial charge in [-0.05, 0) is 63.2 Å². The van der Waals surface area contributed by atoms with Crippen LogP contribution in [0.25, 0.3) is 10.9 Å². The van der Waals surface area contributed by atoms with Crippen LogP contribution in [0.15, 0.2) is 36.5 Å². The van der Waals surface area contributed by atoms with Crippen LogP contribution in [-0.4, -0.2) is 49.4 Å². The number of carbonyl (C=O) groups is 1. The summed E-state index contributed by atoms with van der Waals surface area (Å²) in [6, 6.07) is 11.0. The number of para-hydroxylation sites is 1. The van der Waals surface area contributed by atoms with E-state index in [1.807, 2.05) is 25.7 Å². The second-order valence-electron chi connectivity index (χ2n) is 11.2. The van der Waals surface area contributed by atoms with Crippen molar-refractivity contribution in [2.24, 2.45) is 11.3 Å². The number of fused-ring (bicyclic) bond motifs is 1. The van der Waals surface area contributed by atoms with E-state index in [9.17, 15) is 4.79 Å². The number of nitrogens with zero attached hydrogens (tertiary/aromatic N) is 2. The first-order chi connectivity index (χ1) is 14.4. The molecule has 6 heteroatoms. The number of carbonyl (C=O) groups excluding carboxylic acids is 1. The van der Waals surface area contributed by atoms with E-state index in [0.29, 0.717) is 13.1 Å². The van der Waals surface area contributed by atoms with E-state index >= 15 is 0 Å². The van der Waals surface area contributed by atoms with Crippen LogP contribution in [-0.2, 0) is 9.16 Å². The van der Waals surface area contributed by atoms with E-state index in [-0.39, 0.29) is 29.6 Å². The summed E-state index contributed by atoms with van der Waals surface area (Å²) >= 11 is 0. The minimum atomic E-state index is -1.28. The highest BCUT2D eigenvalue weighted by Gasteiger charge is 2.43. The third kappa shape index (κ3) is 5.72. The van der Waals surface area contributed by atoms with E-state index < -0.39 is 14.6 Å². The summed E-state index contributed by atoms with van der Waals surface area (Å²) < 4.78 is 14.8. The third-order valence-electron chi connectivity index (χ3n) is 5.92. The van der Waals surface area contributed by atoms with Crippen molar-refractivity contribution in [3.05, 3.63) is 36.5 Å². The lowest BCUT2D eigenvalue weighted by molar-refractivity contribution is -0.0348. The van der Waals surface area contributed by atoms with E-state index in [4.69, 9.17) is 9.16 Å². The number of hydrogen-bond donors (Lipinski definition) is 0. The summed E-state index contributed by atoms with van der Waals surface area (Å²) in [6.07, 6.45) is 2.94. The molecule has 5 nitrogen and oxygen atoms in total. The van der Waals surface area contributed by atoms with E-state index in [1.54, 1.807) is 0 Å². The number of likely N-dealkylation sites (tertiary alicyclic amines) is 1. The quantitative estimate of drug-likeness (QED) is 0.555. The predicted octanol–water partition coefficient (Wildman–Crippen LogP) is 5.85. The third-order valence-corrected chi connectivity index (χ3v) is 6.76. The summed E-state index contributed by atoms with van der Waals surface area (Å²) in [7, 11) is -1.28. The fourth-order valence-electron chi connectivity index (χ4n) is 4.74. The van der Waals surface area contributed by atoms with Gasteiger partial charge in [0.2, 0.25) is 0 Å². The predicted molar refractivity (Wildman–Crippen MR) is 130 cm³/mol. The zero-order valence-electron chi connectivity index (χ0n) is 20.5. The highest BCUT2D eigenvalue weighted by Crippen LogP contribution is 2.41. The first-order valence-electron chi connectivity index (χ1n) is 11.6. The molecule has 2 heterocycles. The Hall–Kier alpha value is -1.79. The number of ether oxygens (including phenoxy) is 1. The molecule has 0 radical (unpaired) electrons. The van der Waals surface area contributed by atoms with Gasteiger partial charge < -0.3 is 18.6 Å². The second-order valence-corrected chi connectivity index (χ2v) is 13.6. The molecule has 0 saturated carbocycles. The number of piperidine rings is 1. The molecular formula is C25H40N2O3Si. The van der Waals surface area contributed by atoms with Crippen molar-refractivity contribution in [3.8, 4) is 0 Å². The Morgan fingerprint density at radius 1 is 1.10 bits per heavy atom. The molecule has 3 rings (SSSR count). The van der Waals surface area contributed by atoms with Crippen molar-refractivity contribution in [1.82, 2.24) is 9.47 Å². The lowest BCUT2D eigenvalue weighted by Gasteiger charge is -2.47. The average Bonchev–Trinajstić information content (AvgIpc) is 3.07. The Morgan fingerprint density at radius 2 is 1.77 bits per heavy atom. The molecule has 1 aliphatic rings. The Bertz CT molecular complexity index is 894. The van der Waals surface area contributed by atoms with Crippen LogP contribution in [0, 0.1) is 11.3 Å². The lowest BCUT2D eigenvalue weighted by Crippen LogP contribution is -2.53. The zero-order valence-corrected chi connectivity index (χ0v) is 21.7. The standard InChI is InChI=1S/C25H40N2O3Si/c1-24(2,3)22(30-31(7)8)19-17-26(23(28)29-25(4,5)6)15-14-21(19)27-16-13-18-11-9-10-12-20(18)27/h9-13,16,19,21-22,31H,14-15,17H2,1-8H3. The van der Waals surface area contributed by atoms with Gasteiger partial charge in [0.05, 0.1) is 6.10 Å². The van der Waals surface area contributed by atoms with E-state index in [0.717, 1.165) is 6.42 Å². The Labute approximate surface area is 189 Å². The molecule has 0 aliphatic carbocycles. The topological polar surface area (TPSA) is 43.7 Å². The van der Waals surface area contributed by atoms with Crippen LogP contribution in [0.5, 0.6) is 0 Å². The molecule has 3 atom stereocenters. The molecule has 3 unspecified atom stereocenters. The monoisotopic (exact) mass is 444 g/mol. The molecule has 0 N–H and O–H groups in total. The van der Waals surface area contributed by atoms with Gasteiger partial charge in [-0.2, -0.15) is 0 Å². The van der Waals surface area contributed by atoms with Crippen molar-refractivity contribution >= 4 is 26.0 Å². The summed E-state index contributed by atoms with van der Waals surface area (Å²) in [5, 5.41) is 1.25. The number of benzene rings is 1. The van der Waals surface area contributed by atoms with Crippen LogP contribution in [0.2, 0.25) is 13.1 Å². The van der Waals surface area contributed by atoms with Crippen LogP contribution >= 0.6 is 0 Å². The molecule has 172 valence electrons. The molecular weight excluding hydrogens is 404 g/mol. The highest BCUT2D eigenvalue weighted by molar-refractivity contribution is 6.48. The van der Waals surface area contributed by atoms with Gasteiger partial charge in [-0.3, -0.25) is 0 Å². The molecule has 1 aromatic heterocycles. The molecule has 1 fully saturated rings. The molecule has 0 bridgehead atoms. The summed E-state index contributed by atoms with van der Waals surface area (Å²) in [5.74, 6) is 0.187. The molecule has 31 heavy (non-hydrogen) atoms. The van der Waals surface area contributed by atoms with E-state index in [2.05, 4.69) is 75.0 Å². The van der Waals surface area contributed by atoms with Gasteiger partial charge in [-0.15, -0.1) is 0 Å². The van der Waals surface area contributed by atoms with E-state index in [1.165, 1.54) is 10.9 Å². The molecule has 1 amide bonds. The number of aromatic nitrogens is 1. The van der Waals surface area contributed by atoms with Gasteiger partial charge in [0.15, 0.2) is 9.04 Å². The maximum Gasteiger partial charge on any atom is 0.410 e. The van der Waals surface area contributed by atoms with Crippen LogP contribution in [0.3, 0.4) is 0 Å². The van der Waals surface area contributed by atoms with Crippen molar-refractivity contribution in [2.45, 2.75) is 78.8 Å². The maximum atomic E-state index is 12.9. The summed E-state index contributed by atoms with van der Waals surface area (Å²) in [4.78, 5) is 14.8. The van der Waals surface area contributed by atoms with Gasteiger partial charge in [0.25, 0.3) is 0 Å². The summed E-state index contributed by atoms with van der Waals surface area (Å²) in [5.41, 5.74) is 0.725. The van der Waals surface area contributed by atoms with Crippen LogP contribution in [0.1, 0.15) is 54.0 Å². The normalized spacial score (nSPS) is 21.5.